The number of carbonyl (C=O) groups is 3. The zero-order valence-corrected chi connectivity index (χ0v) is 20.6. The molecule has 0 radical (unpaired) electrons. The van der Waals surface area contributed by atoms with Gasteiger partial charge in [-0.1, -0.05) is 0 Å². The molecule has 0 aliphatic heterocycles. The highest BCUT2D eigenvalue weighted by Crippen LogP contribution is 2.37. The third-order valence-corrected chi connectivity index (χ3v) is 6.23. The summed E-state index contributed by atoms with van der Waals surface area (Å²) in [6, 6.07) is 0.167. The van der Waals surface area contributed by atoms with Gasteiger partial charge < -0.3 is 14.2 Å². The summed E-state index contributed by atoms with van der Waals surface area (Å²) in [4.78, 5) is 40.1. The summed E-state index contributed by atoms with van der Waals surface area (Å²) in [6.45, 7) is 6.42. The van der Waals surface area contributed by atoms with Crippen LogP contribution in [0.25, 0.3) is 0 Å². The normalized spacial score (nSPS) is 14.0. The Bertz CT molecular complexity index is 1190. The van der Waals surface area contributed by atoms with E-state index >= 15 is 0 Å². The van der Waals surface area contributed by atoms with E-state index in [0.29, 0.717) is 42.8 Å². The van der Waals surface area contributed by atoms with Crippen molar-refractivity contribution >= 4 is 17.7 Å². The highest BCUT2D eigenvalue weighted by molar-refractivity contribution is 6.06. The topological polar surface area (TPSA) is 68.6 Å². The minimum Gasteiger partial charge on any atom is -0.461 e. The van der Waals surface area contributed by atoms with Gasteiger partial charge in [0.25, 0.3) is 5.91 Å². The number of Topliss-reactive ketones (excluding diaryl/α,β-unsaturated/α-hetero) is 1. The predicted octanol–water partition coefficient (Wildman–Crippen LogP) is 5.83. The number of benzene rings is 1. The summed E-state index contributed by atoms with van der Waals surface area (Å²) in [7, 11) is 0. The molecule has 6 nitrogen and oxygen atoms in total. The average Bonchev–Trinajstić information content (AvgIpc) is 3.60. The number of esters is 1. The summed E-state index contributed by atoms with van der Waals surface area (Å²) >= 11 is 0. The van der Waals surface area contributed by atoms with E-state index in [1.54, 1.807) is 32.3 Å². The lowest BCUT2D eigenvalue weighted by Crippen LogP contribution is -2.38. The van der Waals surface area contributed by atoms with Crippen LogP contribution in [0.3, 0.4) is 0 Å². The number of aromatic nitrogens is 1. The number of hydrogen-bond acceptors (Lipinski definition) is 4. The number of ether oxygens (including phenoxy) is 1. The van der Waals surface area contributed by atoms with Gasteiger partial charge in [0, 0.05) is 29.4 Å². The van der Waals surface area contributed by atoms with Crippen molar-refractivity contribution in [3.63, 3.8) is 0 Å². The number of hydrogen-bond donors (Lipinski definition) is 0. The van der Waals surface area contributed by atoms with Crippen molar-refractivity contribution in [1.29, 1.82) is 0 Å². The molecule has 1 heterocycles. The molecule has 1 saturated carbocycles. The van der Waals surface area contributed by atoms with E-state index in [-0.39, 0.29) is 23.9 Å². The first-order valence-electron chi connectivity index (χ1n) is 11.6. The zero-order valence-electron chi connectivity index (χ0n) is 20.6. The highest BCUT2D eigenvalue weighted by Gasteiger charge is 2.40. The molecular formula is C25H26F6N2O4. The highest BCUT2D eigenvalue weighted by atomic mass is 19.4. The minimum atomic E-state index is -5.11. The van der Waals surface area contributed by atoms with Gasteiger partial charge in [0.05, 0.1) is 24.3 Å². The van der Waals surface area contributed by atoms with Crippen molar-refractivity contribution in [2.75, 3.05) is 13.2 Å². The largest absolute Gasteiger partial charge is 0.461 e. The second kappa shape index (κ2) is 10.2. The van der Waals surface area contributed by atoms with Crippen molar-refractivity contribution < 1.29 is 45.5 Å². The lowest BCUT2D eigenvalue weighted by molar-refractivity contribution is -0.143. The molecule has 2 aromatic rings. The maximum absolute atomic E-state index is 13.4. The van der Waals surface area contributed by atoms with Crippen LogP contribution < -0.4 is 0 Å². The predicted molar refractivity (Wildman–Crippen MR) is 120 cm³/mol. The third-order valence-electron chi connectivity index (χ3n) is 6.23. The lowest BCUT2D eigenvalue weighted by Gasteiger charge is -2.23. The Kier molecular flexibility index (Phi) is 7.80. The first-order chi connectivity index (χ1) is 17.1. The Hall–Kier alpha value is -3.31. The number of halogens is 6. The maximum atomic E-state index is 13.4. The van der Waals surface area contributed by atoms with E-state index in [1.807, 2.05) is 0 Å². The molecule has 0 saturated heterocycles. The molecule has 0 unspecified atom stereocenters. The molecular weight excluding hydrogens is 506 g/mol. The maximum Gasteiger partial charge on any atom is 0.416 e. The Morgan fingerprint density at radius 2 is 1.51 bits per heavy atom. The molecule has 0 bridgehead atoms. The second-order valence-electron chi connectivity index (χ2n) is 8.78. The molecule has 1 amide bonds. The number of amides is 1. The third kappa shape index (κ3) is 5.83. The quantitative estimate of drug-likeness (QED) is 0.244. The molecule has 1 fully saturated rings. The summed E-state index contributed by atoms with van der Waals surface area (Å²) in [5.74, 6) is -2.33. The van der Waals surface area contributed by atoms with Gasteiger partial charge in [-0.3, -0.25) is 9.59 Å². The Balaban J connectivity index is 2.01. The molecule has 1 aromatic carbocycles. The number of carbonyl (C=O) groups excluding carboxylic acids is 3. The van der Waals surface area contributed by atoms with E-state index < -0.39 is 59.3 Å². The van der Waals surface area contributed by atoms with Crippen molar-refractivity contribution in [3.05, 3.63) is 57.4 Å². The fraction of sp³-hybridized carbons (Fsp3) is 0.480. The molecule has 0 N–H and O–H groups in total. The van der Waals surface area contributed by atoms with Gasteiger partial charge in [-0.25, -0.2) is 4.79 Å². The van der Waals surface area contributed by atoms with Crippen molar-refractivity contribution in [1.82, 2.24) is 9.47 Å². The van der Waals surface area contributed by atoms with Gasteiger partial charge in [0.2, 0.25) is 0 Å². The van der Waals surface area contributed by atoms with E-state index in [2.05, 4.69) is 0 Å². The van der Waals surface area contributed by atoms with Crippen LogP contribution in [-0.4, -0.2) is 46.3 Å². The van der Waals surface area contributed by atoms with Crippen LogP contribution in [0, 0.1) is 13.8 Å². The molecule has 0 atom stereocenters. The van der Waals surface area contributed by atoms with Crippen LogP contribution >= 0.6 is 0 Å². The fourth-order valence-electron chi connectivity index (χ4n) is 4.39. The molecule has 37 heavy (non-hydrogen) atoms. The van der Waals surface area contributed by atoms with Gasteiger partial charge in [-0.05, 0) is 64.3 Å². The summed E-state index contributed by atoms with van der Waals surface area (Å²) in [5.41, 5.74) is -2.95. The van der Waals surface area contributed by atoms with E-state index in [4.69, 9.17) is 4.74 Å². The van der Waals surface area contributed by atoms with Crippen LogP contribution in [-0.2, 0) is 23.6 Å². The number of alkyl halides is 6. The molecule has 1 aliphatic rings. The Morgan fingerprint density at radius 1 is 0.973 bits per heavy atom. The second-order valence-corrected chi connectivity index (χ2v) is 8.78. The van der Waals surface area contributed by atoms with Crippen molar-refractivity contribution in [2.45, 2.75) is 65.5 Å². The molecule has 1 aromatic heterocycles. The van der Waals surface area contributed by atoms with Crippen molar-refractivity contribution in [3.8, 4) is 0 Å². The van der Waals surface area contributed by atoms with Gasteiger partial charge >= 0.3 is 18.3 Å². The molecule has 0 spiro atoms. The molecule has 12 heteroatoms. The number of nitrogens with zero attached hydrogens (tertiary/aromatic N) is 2. The molecule has 1 aliphatic carbocycles. The summed E-state index contributed by atoms with van der Waals surface area (Å²) < 4.78 is 86.5. The number of ketones is 1. The Labute approximate surface area is 209 Å². The lowest BCUT2D eigenvalue weighted by atomic mass is 10.0. The van der Waals surface area contributed by atoms with Crippen LogP contribution in [0.2, 0.25) is 0 Å². The van der Waals surface area contributed by atoms with Crippen LogP contribution in [0.4, 0.5) is 26.3 Å². The zero-order chi connectivity index (χ0) is 27.9. The summed E-state index contributed by atoms with van der Waals surface area (Å²) in [6.07, 6.45) is -9.33. The van der Waals surface area contributed by atoms with Gasteiger partial charge in [-0.2, -0.15) is 26.3 Å². The minimum absolute atomic E-state index is 0.0551. The smallest absolute Gasteiger partial charge is 0.416 e. The Morgan fingerprint density at radius 3 is 1.95 bits per heavy atom. The SMILES string of the molecule is CCOC(=O)c1c(C)c(C(=O)CN(C(=O)c2cc(C(F)(F)F)cc(C(F)(F)F)c2)C2CC2)c(C)n1CC. The molecule has 202 valence electrons. The van der Waals surface area contributed by atoms with E-state index in [9.17, 15) is 40.7 Å². The van der Waals surface area contributed by atoms with Gasteiger partial charge in [0.15, 0.2) is 5.78 Å². The molecule has 3 rings (SSSR count). The average molecular weight is 532 g/mol. The van der Waals surface area contributed by atoms with Gasteiger partial charge in [0.1, 0.15) is 5.69 Å². The van der Waals surface area contributed by atoms with Crippen LogP contribution in [0.5, 0.6) is 0 Å². The first-order valence-corrected chi connectivity index (χ1v) is 11.6. The fourth-order valence-corrected chi connectivity index (χ4v) is 4.39. The first kappa shape index (κ1) is 28.3. The van der Waals surface area contributed by atoms with E-state index in [0.717, 1.165) is 4.90 Å². The standard InChI is InChI=1S/C25H26F6N2O4/c1-5-32-14(4)20(13(3)21(32)23(36)37-6-2)19(34)12-33(18-7-8-18)22(35)15-9-16(24(26,27)28)11-17(10-15)25(29,30)31/h9-11,18H,5-8,12H2,1-4H3. The summed E-state index contributed by atoms with van der Waals surface area (Å²) in [5, 5.41) is 0. The van der Waals surface area contributed by atoms with Crippen LogP contribution in [0.1, 0.15) is 80.3 Å². The van der Waals surface area contributed by atoms with E-state index in [1.165, 1.54) is 0 Å². The monoisotopic (exact) mass is 532 g/mol. The van der Waals surface area contributed by atoms with Crippen molar-refractivity contribution in [2.24, 2.45) is 0 Å². The number of rotatable bonds is 8. The van der Waals surface area contributed by atoms with Crippen LogP contribution in [0.15, 0.2) is 18.2 Å². The van der Waals surface area contributed by atoms with Gasteiger partial charge in [-0.15, -0.1) is 0 Å².